The molecule has 7 nitrogen and oxygen atoms in total. The number of aromatic nitrogens is 2. The van der Waals surface area contributed by atoms with Crippen molar-refractivity contribution >= 4 is 0 Å². The predicted molar refractivity (Wildman–Crippen MR) is 181 cm³/mol. The van der Waals surface area contributed by atoms with Gasteiger partial charge in [0.2, 0.25) is 0 Å². The van der Waals surface area contributed by atoms with E-state index < -0.39 is 0 Å². The summed E-state index contributed by atoms with van der Waals surface area (Å²) in [5.74, 6) is 0.482. The minimum atomic E-state index is 0.185. The van der Waals surface area contributed by atoms with E-state index in [1.807, 2.05) is 55.5 Å². The number of pyridine rings is 2. The second-order valence-electron chi connectivity index (χ2n) is 9.86. The molecule has 4 rings (SSSR count). The molecule has 4 heterocycles. The Morgan fingerprint density at radius 3 is 1.98 bits per heavy atom. The van der Waals surface area contributed by atoms with Crippen molar-refractivity contribution in [3.8, 4) is 0 Å². The molecule has 2 aliphatic heterocycles. The molecule has 1 N–H and O–H groups in total. The van der Waals surface area contributed by atoms with Crippen LogP contribution in [0.1, 0.15) is 102 Å². The zero-order valence-electron chi connectivity index (χ0n) is 29.2. The summed E-state index contributed by atoms with van der Waals surface area (Å²) in [4.78, 5) is 13.5. The van der Waals surface area contributed by atoms with E-state index in [2.05, 4.69) is 71.1 Å². The highest BCUT2D eigenvalue weighted by Gasteiger charge is 2.21. The normalized spacial score (nSPS) is 15.0. The summed E-state index contributed by atoms with van der Waals surface area (Å²) in [6, 6.07) is 10.5. The lowest BCUT2D eigenvalue weighted by Gasteiger charge is -2.19. The molecule has 0 bridgehead atoms. The summed E-state index contributed by atoms with van der Waals surface area (Å²) in [7, 11) is 6.18. The van der Waals surface area contributed by atoms with Gasteiger partial charge in [-0.3, -0.25) is 14.9 Å². The van der Waals surface area contributed by atoms with Gasteiger partial charge < -0.3 is 19.5 Å². The Hall–Kier alpha value is -1.90. The van der Waals surface area contributed by atoms with Gasteiger partial charge in [-0.2, -0.15) is 0 Å². The van der Waals surface area contributed by atoms with E-state index in [1.165, 1.54) is 29.8 Å². The maximum absolute atomic E-state index is 8.97. The number of hydrogen-bond acceptors (Lipinski definition) is 7. The smallest absolute Gasteiger partial charge is 0.0582 e. The molecule has 244 valence electrons. The third-order valence-electron chi connectivity index (χ3n) is 6.29. The van der Waals surface area contributed by atoms with Gasteiger partial charge >= 0.3 is 0 Å². The monoisotopic (exact) mass is 591 g/mol. The molecule has 0 saturated carbocycles. The summed E-state index contributed by atoms with van der Waals surface area (Å²) < 4.78 is 10.4. The van der Waals surface area contributed by atoms with Crippen LogP contribution in [0, 0.1) is 6.92 Å². The highest BCUT2D eigenvalue weighted by atomic mass is 16.5. The first-order chi connectivity index (χ1) is 20.4. The van der Waals surface area contributed by atoms with E-state index in [0.29, 0.717) is 12.5 Å². The standard InChI is InChI=1S/C14H22N2O2.C11H18N2.C4H8O.3C2H6/c1-11-3-4-13(12-5-8-18-10-12)14(15-11)9-16(2)6-7-17;1-4-10-6-5-7-11(12-10)8-9-13(2)3;1-2-4-5-3-1;3*1-2/h3-4,12,17H,5-10H2,1-2H3;5-7H,4,8-9H2,1-3H3;1-4H2;3*1-2H3. The molecule has 1 atom stereocenters. The third-order valence-corrected chi connectivity index (χ3v) is 6.29. The number of aryl methyl sites for hydroxylation is 2. The van der Waals surface area contributed by atoms with E-state index in [-0.39, 0.29) is 6.61 Å². The molecule has 0 amide bonds. The van der Waals surface area contributed by atoms with Crippen LogP contribution in [0.5, 0.6) is 0 Å². The second-order valence-corrected chi connectivity index (χ2v) is 9.86. The predicted octanol–water partition coefficient (Wildman–Crippen LogP) is 6.94. The van der Waals surface area contributed by atoms with Crippen LogP contribution in [0.15, 0.2) is 30.3 Å². The Morgan fingerprint density at radius 2 is 1.48 bits per heavy atom. The van der Waals surface area contributed by atoms with Gasteiger partial charge in [0.05, 0.1) is 18.9 Å². The number of aliphatic hydroxyl groups is 1. The number of ether oxygens (including phenoxy) is 2. The van der Waals surface area contributed by atoms with Gasteiger partial charge in [-0.25, -0.2) is 0 Å². The molecule has 2 aliphatic rings. The van der Waals surface area contributed by atoms with E-state index >= 15 is 0 Å². The van der Waals surface area contributed by atoms with Crippen LogP contribution in [0.2, 0.25) is 0 Å². The summed E-state index contributed by atoms with van der Waals surface area (Å²) in [5, 5.41) is 8.97. The van der Waals surface area contributed by atoms with Crippen LogP contribution in [-0.4, -0.2) is 92.1 Å². The molecule has 2 aromatic heterocycles. The topological polar surface area (TPSA) is 71.0 Å². The lowest BCUT2D eigenvalue weighted by molar-refractivity contribution is 0.193. The van der Waals surface area contributed by atoms with Crippen molar-refractivity contribution in [3.63, 3.8) is 0 Å². The molecule has 0 radical (unpaired) electrons. The van der Waals surface area contributed by atoms with Crippen LogP contribution >= 0.6 is 0 Å². The Labute approximate surface area is 260 Å². The number of aliphatic hydroxyl groups excluding tert-OH is 1. The van der Waals surface area contributed by atoms with Crippen molar-refractivity contribution in [3.05, 3.63) is 58.7 Å². The molecule has 0 spiro atoms. The summed E-state index contributed by atoms with van der Waals surface area (Å²) in [6.45, 7) is 22.5. The van der Waals surface area contributed by atoms with Crippen LogP contribution in [0.3, 0.4) is 0 Å². The van der Waals surface area contributed by atoms with E-state index in [0.717, 1.165) is 70.2 Å². The number of likely N-dealkylation sites (N-methyl/N-ethyl adjacent to an activating group) is 2. The minimum absolute atomic E-state index is 0.185. The third kappa shape index (κ3) is 20.1. The van der Waals surface area contributed by atoms with Gasteiger partial charge in [0.25, 0.3) is 0 Å². The van der Waals surface area contributed by atoms with E-state index in [4.69, 9.17) is 14.6 Å². The van der Waals surface area contributed by atoms with Crippen LogP contribution in [0.4, 0.5) is 0 Å². The molecule has 7 heteroatoms. The molecule has 0 aromatic carbocycles. The van der Waals surface area contributed by atoms with Crippen LogP contribution < -0.4 is 0 Å². The summed E-state index contributed by atoms with van der Waals surface area (Å²) in [6.07, 6.45) is 5.71. The zero-order chi connectivity index (χ0) is 32.2. The molecule has 42 heavy (non-hydrogen) atoms. The molecule has 1 unspecified atom stereocenters. The SMILES string of the molecule is C1CCOC1.CC.CC.CC.CCc1cccc(CCN(C)C)n1.Cc1ccc(C2CCOC2)c(CN(C)CCO)n1. The second kappa shape index (κ2) is 29.2. The fraction of sp³-hybridized carbons (Fsp3) is 0.714. The van der Waals surface area contributed by atoms with Crippen molar-refractivity contribution < 1.29 is 14.6 Å². The Kier molecular flexibility index (Phi) is 29.3. The number of nitrogens with zero attached hydrogens (tertiary/aromatic N) is 4. The zero-order valence-corrected chi connectivity index (χ0v) is 29.2. The highest BCUT2D eigenvalue weighted by molar-refractivity contribution is 5.27. The number of rotatable bonds is 9. The van der Waals surface area contributed by atoms with E-state index in [1.54, 1.807) is 0 Å². The van der Waals surface area contributed by atoms with Gasteiger partial charge in [-0.05, 0) is 77.5 Å². The maximum atomic E-state index is 8.97. The van der Waals surface area contributed by atoms with Crippen LogP contribution in [-0.2, 0) is 28.9 Å². The highest BCUT2D eigenvalue weighted by Crippen LogP contribution is 2.28. The first kappa shape index (κ1) is 42.2. The van der Waals surface area contributed by atoms with Gasteiger partial charge in [0.15, 0.2) is 0 Å². The van der Waals surface area contributed by atoms with Gasteiger partial charge in [0, 0.05) is 68.9 Å². The summed E-state index contributed by atoms with van der Waals surface area (Å²) >= 11 is 0. The van der Waals surface area contributed by atoms with E-state index in [9.17, 15) is 0 Å². The maximum Gasteiger partial charge on any atom is 0.0582 e. The largest absolute Gasteiger partial charge is 0.395 e. The van der Waals surface area contributed by atoms with Crippen molar-refractivity contribution in [1.29, 1.82) is 0 Å². The summed E-state index contributed by atoms with van der Waals surface area (Å²) in [5.41, 5.74) is 5.87. The Bertz CT molecular complexity index is 846. The first-order valence-electron chi connectivity index (χ1n) is 16.4. The lowest BCUT2D eigenvalue weighted by Crippen LogP contribution is -2.23. The van der Waals surface area contributed by atoms with Gasteiger partial charge in [-0.1, -0.05) is 60.6 Å². The fourth-order valence-electron chi connectivity index (χ4n) is 4.12. The van der Waals surface area contributed by atoms with Crippen molar-refractivity contribution in [2.24, 2.45) is 0 Å². The molecule has 2 saturated heterocycles. The van der Waals surface area contributed by atoms with Gasteiger partial charge in [0.1, 0.15) is 0 Å². The average Bonchev–Trinajstić information content (AvgIpc) is 3.78. The Morgan fingerprint density at radius 1 is 0.833 bits per heavy atom. The molecular formula is C35H66N4O3. The molecule has 2 fully saturated rings. The molecule has 2 aromatic rings. The fourth-order valence-corrected chi connectivity index (χ4v) is 4.12. The first-order valence-corrected chi connectivity index (χ1v) is 16.4. The quantitative estimate of drug-likeness (QED) is 0.339. The molecular weight excluding hydrogens is 524 g/mol. The van der Waals surface area contributed by atoms with Crippen molar-refractivity contribution in [2.45, 2.75) is 100.0 Å². The Balaban J connectivity index is 0. The van der Waals surface area contributed by atoms with Gasteiger partial charge in [-0.15, -0.1) is 0 Å². The van der Waals surface area contributed by atoms with Crippen LogP contribution in [0.25, 0.3) is 0 Å². The minimum Gasteiger partial charge on any atom is -0.395 e. The lowest BCUT2D eigenvalue weighted by atomic mass is 9.96. The van der Waals surface area contributed by atoms with Crippen molar-refractivity contribution in [2.75, 3.05) is 67.3 Å². The molecule has 0 aliphatic carbocycles. The average molecular weight is 591 g/mol. The number of hydrogen-bond donors (Lipinski definition) is 1. The van der Waals surface area contributed by atoms with Crippen molar-refractivity contribution in [1.82, 2.24) is 19.8 Å².